The van der Waals surface area contributed by atoms with Gasteiger partial charge in [-0.05, 0) is 54.4 Å². The fraction of sp³-hybridized carbons (Fsp3) is 0.107. The van der Waals surface area contributed by atoms with Gasteiger partial charge < -0.3 is 20.1 Å². The average molecular weight is 468 g/mol. The molecule has 0 saturated carbocycles. The van der Waals surface area contributed by atoms with Gasteiger partial charge in [0.25, 0.3) is 11.8 Å². The van der Waals surface area contributed by atoms with Crippen LogP contribution in [-0.2, 0) is 6.42 Å². The van der Waals surface area contributed by atoms with E-state index in [1.165, 1.54) is 6.20 Å². The zero-order valence-corrected chi connectivity index (χ0v) is 19.2. The first-order valence-electron chi connectivity index (χ1n) is 11.2. The molecule has 7 nitrogen and oxygen atoms in total. The summed E-state index contributed by atoms with van der Waals surface area (Å²) in [5.74, 6) is 1.82. The molecule has 2 amide bonds. The molecule has 0 radical (unpaired) electrons. The summed E-state index contributed by atoms with van der Waals surface area (Å²) < 4.78 is 11.8. The van der Waals surface area contributed by atoms with E-state index in [0.29, 0.717) is 41.5 Å². The lowest BCUT2D eigenvalue weighted by atomic mass is 10.1. The zero-order valence-electron chi connectivity index (χ0n) is 19.2. The van der Waals surface area contributed by atoms with E-state index < -0.39 is 0 Å². The molecule has 1 aromatic heterocycles. The van der Waals surface area contributed by atoms with Crippen molar-refractivity contribution in [1.29, 1.82) is 0 Å². The van der Waals surface area contributed by atoms with Gasteiger partial charge in [-0.15, -0.1) is 0 Å². The van der Waals surface area contributed by atoms with Gasteiger partial charge in [0.15, 0.2) is 0 Å². The number of carbonyl (C=O) groups excluding carboxylic acids is 2. The summed E-state index contributed by atoms with van der Waals surface area (Å²) in [5.41, 5.74) is 1.75. The molecule has 0 bridgehead atoms. The maximum atomic E-state index is 12.8. The second kappa shape index (κ2) is 11.5. The van der Waals surface area contributed by atoms with Gasteiger partial charge in [0.2, 0.25) is 0 Å². The molecule has 0 unspecified atom stereocenters. The summed E-state index contributed by atoms with van der Waals surface area (Å²) >= 11 is 0. The largest absolute Gasteiger partial charge is 0.457 e. The van der Waals surface area contributed by atoms with Crippen LogP contribution < -0.4 is 20.1 Å². The lowest BCUT2D eigenvalue weighted by Gasteiger charge is -2.12. The van der Waals surface area contributed by atoms with Crippen LogP contribution in [0.15, 0.2) is 97.2 Å². The number of carbonyl (C=O) groups is 2. The lowest BCUT2D eigenvalue weighted by molar-refractivity contribution is 0.0946. The van der Waals surface area contributed by atoms with Crippen LogP contribution in [0, 0.1) is 0 Å². The van der Waals surface area contributed by atoms with Gasteiger partial charge in [-0.3, -0.25) is 14.6 Å². The summed E-state index contributed by atoms with van der Waals surface area (Å²) in [6, 6.07) is 27.4. The predicted octanol–water partition coefficient (Wildman–Crippen LogP) is 5.00. The van der Waals surface area contributed by atoms with Gasteiger partial charge in [-0.1, -0.05) is 42.5 Å². The number of benzene rings is 3. The van der Waals surface area contributed by atoms with E-state index in [1.54, 1.807) is 31.3 Å². The molecule has 0 spiro atoms. The van der Waals surface area contributed by atoms with Crippen molar-refractivity contribution < 1.29 is 19.1 Å². The van der Waals surface area contributed by atoms with E-state index in [-0.39, 0.29) is 17.5 Å². The van der Waals surface area contributed by atoms with Crippen LogP contribution in [0.1, 0.15) is 26.4 Å². The molecule has 176 valence electrons. The van der Waals surface area contributed by atoms with E-state index in [2.05, 4.69) is 15.6 Å². The van der Waals surface area contributed by atoms with Crippen molar-refractivity contribution in [2.24, 2.45) is 0 Å². The van der Waals surface area contributed by atoms with Crippen molar-refractivity contribution in [3.05, 3.63) is 114 Å². The summed E-state index contributed by atoms with van der Waals surface area (Å²) in [5, 5.41) is 5.50. The first kappa shape index (κ1) is 23.5. The Balaban J connectivity index is 1.35. The Morgan fingerprint density at radius 3 is 2.34 bits per heavy atom. The minimum absolute atomic E-state index is 0.206. The molecule has 0 aliphatic rings. The van der Waals surface area contributed by atoms with Crippen LogP contribution in [0.5, 0.6) is 23.0 Å². The van der Waals surface area contributed by atoms with Gasteiger partial charge in [0.1, 0.15) is 28.7 Å². The number of nitrogens with one attached hydrogen (secondary N) is 2. The second-order valence-electron chi connectivity index (χ2n) is 7.62. The summed E-state index contributed by atoms with van der Waals surface area (Å²) in [6.45, 7) is 0.442. The smallest absolute Gasteiger partial charge is 0.269 e. The fourth-order valence-electron chi connectivity index (χ4n) is 3.40. The van der Waals surface area contributed by atoms with Crippen molar-refractivity contribution in [1.82, 2.24) is 15.6 Å². The minimum Gasteiger partial charge on any atom is -0.457 e. The molecule has 1 heterocycles. The first-order chi connectivity index (χ1) is 17.1. The van der Waals surface area contributed by atoms with E-state index in [0.717, 1.165) is 5.56 Å². The molecule has 35 heavy (non-hydrogen) atoms. The molecule has 2 N–H and O–H groups in total. The van der Waals surface area contributed by atoms with Crippen LogP contribution in [-0.4, -0.2) is 30.4 Å². The number of hydrogen-bond acceptors (Lipinski definition) is 5. The minimum atomic E-state index is -0.282. The number of rotatable bonds is 9. The Hall–Kier alpha value is -4.65. The Morgan fingerprint density at radius 1 is 0.771 bits per heavy atom. The Labute approximate surface area is 203 Å². The normalized spacial score (nSPS) is 10.3. The molecular formula is C28H25N3O4. The quantitative estimate of drug-likeness (QED) is 0.362. The van der Waals surface area contributed by atoms with Crippen LogP contribution in [0.4, 0.5) is 0 Å². The van der Waals surface area contributed by atoms with Crippen molar-refractivity contribution in [2.45, 2.75) is 6.42 Å². The van der Waals surface area contributed by atoms with E-state index in [9.17, 15) is 9.59 Å². The molecule has 0 atom stereocenters. The third kappa shape index (κ3) is 6.45. The summed E-state index contributed by atoms with van der Waals surface area (Å²) in [7, 11) is 1.55. The standard InChI is InChI=1S/C28H25N3O4/c1-29-28(33)25-19-23(15-17-30-25)34-22-11-7-8-20(18-22)14-16-31-27(32)24-12-5-6-13-26(24)35-21-9-3-2-4-10-21/h2-13,15,17-19H,14,16H2,1H3,(H,29,33)(H,31,32). The maximum absolute atomic E-state index is 12.8. The number of hydrogen-bond donors (Lipinski definition) is 2. The third-order valence-electron chi connectivity index (χ3n) is 5.13. The number of ether oxygens (including phenoxy) is 2. The Morgan fingerprint density at radius 2 is 1.51 bits per heavy atom. The molecule has 7 heteroatoms. The highest BCUT2D eigenvalue weighted by Crippen LogP contribution is 2.25. The van der Waals surface area contributed by atoms with Crippen molar-refractivity contribution >= 4 is 11.8 Å². The van der Waals surface area contributed by atoms with Gasteiger partial charge in [0, 0.05) is 25.9 Å². The monoisotopic (exact) mass is 467 g/mol. The van der Waals surface area contributed by atoms with E-state index in [4.69, 9.17) is 9.47 Å². The van der Waals surface area contributed by atoms with Crippen molar-refractivity contribution in [2.75, 3.05) is 13.6 Å². The topological polar surface area (TPSA) is 89.6 Å². The Bertz CT molecular complexity index is 1310. The molecule has 0 aliphatic carbocycles. The number of para-hydroxylation sites is 2. The molecule has 0 fully saturated rings. The average Bonchev–Trinajstić information content (AvgIpc) is 2.89. The summed E-state index contributed by atoms with van der Waals surface area (Å²) in [4.78, 5) is 28.6. The molecule has 3 aromatic carbocycles. The van der Waals surface area contributed by atoms with Crippen LogP contribution >= 0.6 is 0 Å². The number of pyridine rings is 1. The lowest BCUT2D eigenvalue weighted by Crippen LogP contribution is -2.26. The third-order valence-corrected chi connectivity index (χ3v) is 5.13. The highest BCUT2D eigenvalue weighted by Gasteiger charge is 2.13. The molecule has 0 saturated heterocycles. The number of nitrogens with zero attached hydrogens (tertiary/aromatic N) is 1. The second-order valence-corrected chi connectivity index (χ2v) is 7.62. The molecule has 4 rings (SSSR count). The van der Waals surface area contributed by atoms with Gasteiger partial charge in [-0.2, -0.15) is 0 Å². The van der Waals surface area contributed by atoms with Crippen LogP contribution in [0.3, 0.4) is 0 Å². The molecule has 0 aliphatic heterocycles. The van der Waals surface area contributed by atoms with Crippen LogP contribution in [0.2, 0.25) is 0 Å². The SMILES string of the molecule is CNC(=O)c1cc(Oc2cccc(CCNC(=O)c3ccccc3Oc3ccccc3)c2)ccn1. The fourth-order valence-corrected chi connectivity index (χ4v) is 3.40. The van der Waals surface area contributed by atoms with Gasteiger partial charge >= 0.3 is 0 Å². The maximum Gasteiger partial charge on any atom is 0.269 e. The van der Waals surface area contributed by atoms with Crippen molar-refractivity contribution in [3.63, 3.8) is 0 Å². The Kier molecular flexibility index (Phi) is 7.70. The van der Waals surface area contributed by atoms with Crippen LogP contribution in [0.25, 0.3) is 0 Å². The zero-order chi connectivity index (χ0) is 24.5. The van der Waals surface area contributed by atoms with E-state index >= 15 is 0 Å². The molecular weight excluding hydrogens is 442 g/mol. The number of aromatic nitrogens is 1. The van der Waals surface area contributed by atoms with Gasteiger partial charge in [0.05, 0.1) is 5.56 Å². The highest BCUT2D eigenvalue weighted by molar-refractivity contribution is 5.97. The van der Waals surface area contributed by atoms with Crippen molar-refractivity contribution in [3.8, 4) is 23.0 Å². The highest BCUT2D eigenvalue weighted by atomic mass is 16.5. The summed E-state index contributed by atoms with van der Waals surface area (Å²) in [6.07, 6.45) is 2.14. The predicted molar refractivity (Wildman–Crippen MR) is 133 cm³/mol. The molecule has 4 aromatic rings. The number of amides is 2. The first-order valence-corrected chi connectivity index (χ1v) is 11.2. The van der Waals surface area contributed by atoms with E-state index in [1.807, 2.05) is 66.7 Å². The van der Waals surface area contributed by atoms with Gasteiger partial charge in [-0.25, -0.2) is 0 Å².